The van der Waals surface area contributed by atoms with Crippen LogP contribution in [0.15, 0.2) is 34.8 Å². The summed E-state index contributed by atoms with van der Waals surface area (Å²) >= 11 is 3.40. The molecule has 0 amide bonds. The molecule has 5 nitrogen and oxygen atoms in total. The maximum absolute atomic E-state index is 5.76. The summed E-state index contributed by atoms with van der Waals surface area (Å²) in [6, 6.07) is 9.22. The van der Waals surface area contributed by atoms with Gasteiger partial charge in [0.15, 0.2) is 0 Å². The third-order valence-electron chi connectivity index (χ3n) is 2.54. The highest BCUT2D eigenvalue weighted by Crippen LogP contribution is 2.27. The Bertz CT molecular complexity index is 610. The van der Waals surface area contributed by atoms with Crippen LogP contribution in [0.2, 0.25) is 0 Å². The number of nitrogens with two attached hydrogens (primary N) is 1. The van der Waals surface area contributed by atoms with E-state index in [4.69, 9.17) is 10.6 Å². The summed E-state index contributed by atoms with van der Waals surface area (Å²) in [6.07, 6.45) is 0. The molecule has 2 aromatic rings. The lowest BCUT2D eigenvalue weighted by Gasteiger charge is -2.18. The lowest BCUT2D eigenvalue weighted by atomic mass is 9.96. The first-order chi connectivity index (χ1) is 9.38. The van der Waals surface area contributed by atoms with Crippen LogP contribution in [-0.4, -0.2) is 9.97 Å². The molecule has 2 rings (SSSR count). The molecule has 0 saturated carbocycles. The van der Waals surface area contributed by atoms with Crippen molar-refractivity contribution in [3.8, 4) is 11.6 Å². The van der Waals surface area contributed by atoms with Crippen molar-refractivity contribution < 1.29 is 4.74 Å². The number of rotatable bonds is 3. The molecule has 0 aliphatic carbocycles. The van der Waals surface area contributed by atoms with E-state index in [9.17, 15) is 0 Å². The topological polar surface area (TPSA) is 73.1 Å². The smallest absolute Gasteiger partial charge is 0.224 e. The molecule has 0 atom stereocenters. The van der Waals surface area contributed by atoms with E-state index >= 15 is 0 Å². The fraction of sp³-hybridized carbons (Fsp3) is 0.286. The largest absolute Gasteiger partial charge is 0.439 e. The van der Waals surface area contributed by atoms with Crippen molar-refractivity contribution in [2.75, 3.05) is 5.43 Å². The Morgan fingerprint density at radius 2 is 1.95 bits per heavy atom. The summed E-state index contributed by atoms with van der Waals surface area (Å²) in [5.74, 6) is 7.78. The summed E-state index contributed by atoms with van der Waals surface area (Å²) in [7, 11) is 0. The Kier molecular flexibility index (Phi) is 4.25. The second-order valence-electron chi connectivity index (χ2n) is 5.37. The van der Waals surface area contributed by atoms with E-state index in [1.54, 1.807) is 6.07 Å². The van der Waals surface area contributed by atoms with Crippen LogP contribution in [-0.2, 0) is 5.41 Å². The number of hydrogen-bond donors (Lipinski definition) is 2. The molecule has 1 heterocycles. The number of ether oxygens (including phenoxy) is 1. The van der Waals surface area contributed by atoms with E-state index in [1.165, 1.54) is 0 Å². The molecule has 3 N–H and O–H groups in total. The van der Waals surface area contributed by atoms with Crippen molar-refractivity contribution in [2.45, 2.75) is 26.2 Å². The minimum atomic E-state index is -0.192. The van der Waals surface area contributed by atoms with Gasteiger partial charge in [-0.15, -0.1) is 0 Å². The highest BCUT2D eigenvalue weighted by molar-refractivity contribution is 9.10. The van der Waals surface area contributed by atoms with Crippen molar-refractivity contribution in [3.63, 3.8) is 0 Å². The summed E-state index contributed by atoms with van der Waals surface area (Å²) in [6.45, 7) is 6.10. The van der Waals surface area contributed by atoms with Crippen LogP contribution in [0.4, 0.5) is 5.82 Å². The third-order valence-corrected chi connectivity index (χ3v) is 3.03. The van der Waals surface area contributed by atoms with E-state index in [0.717, 1.165) is 4.47 Å². The van der Waals surface area contributed by atoms with Gasteiger partial charge in [0.05, 0.1) is 0 Å². The first kappa shape index (κ1) is 14.7. The Balaban J connectivity index is 2.36. The SMILES string of the molecule is CC(C)(C)c1nc(NN)cc(Oc2cccc(Br)c2)n1. The predicted octanol–water partition coefficient (Wildman–Crippen LogP) is 3.61. The van der Waals surface area contributed by atoms with Crippen LogP contribution in [0.5, 0.6) is 11.6 Å². The number of hydrazine groups is 1. The van der Waals surface area contributed by atoms with Gasteiger partial charge in [-0.05, 0) is 18.2 Å². The number of nitrogens with one attached hydrogen (secondary N) is 1. The van der Waals surface area contributed by atoms with Gasteiger partial charge in [-0.3, -0.25) is 0 Å². The van der Waals surface area contributed by atoms with E-state index in [0.29, 0.717) is 23.3 Å². The first-order valence-corrected chi connectivity index (χ1v) is 6.97. The average Bonchev–Trinajstić information content (AvgIpc) is 2.37. The van der Waals surface area contributed by atoms with E-state index in [-0.39, 0.29) is 5.41 Å². The molecular formula is C14H17BrN4O. The second-order valence-corrected chi connectivity index (χ2v) is 6.28. The third kappa shape index (κ3) is 3.68. The molecule has 0 unspecified atom stereocenters. The number of anilines is 1. The van der Waals surface area contributed by atoms with Gasteiger partial charge in [0.25, 0.3) is 0 Å². The lowest BCUT2D eigenvalue weighted by molar-refractivity contribution is 0.446. The average molecular weight is 337 g/mol. The summed E-state index contributed by atoms with van der Waals surface area (Å²) in [4.78, 5) is 8.78. The van der Waals surface area contributed by atoms with Crippen molar-refractivity contribution in [2.24, 2.45) is 5.84 Å². The van der Waals surface area contributed by atoms with Gasteiger partial charge in [-0.2, -0.15) is 4.98 Å². The minimum absolute atomic E-state index is 0.192. The molecule has 0 radical (unpaired) electrons. The maximum atomic E-state index is 5.76. The molecule has 106 valence electrons. The van der Waals surface area contributed by atoms with Crippen molar-refractivity contribution in [3.05, 3.63) is 40.6 Å². The van der Waals surface area contributed by atoms with Gasteiger partial charge < -0.3 is 10.2 Å². The van der Waals surface area contributed by atoms with Gasteiger partial charge in [0.2, 0.25) is 5.88 Å². The predicted molar refractivity (Wildman–Crippen MR) is 82.8 cm³/mol. The molecule has 0 saturated heterocycles. The van der Waals surface area contributed by atoms with E-state index < -0.39 is 0 Å². The molecule has 1 aromatic heterocycles. The van der Waals surface area contributed by atoms with Crippen molar-refractivity contribution in [1.82, 2.24) is 9.97 Å². The zero-order valence-electron chi connectivity index (χ0n) is 11.6. The molecule has 0 aliphatic heterocycles. The zero-order valence-corrected chi connectivity index (χ0v) is 13.2. The van der Waals surface area contributed by atoms with E-state index in [2.05, 4.69) is 31.3 Å². The normalized spacial score (nSPS) is 11.2. The molecule has 20 heavy (non-hydrogen) atoms. The Labute approximate surface area is 126 Å². The van der Waals surface area contributed by atoms with Crippen LogP contribution in [0.25, 0.3) is 0 Å². The molecular weight excluding hydrogens is 320 g/mol. The Morgan fingerprint density at radius 3 is 2.55 bits per heavy atom. The highest BCUT2D eigenvalue weighted by Gasteiger charge is 2.19. The van der Waals surface area contributed by atoms with Gasteiger partial charge >= 0.3 is 0 Å². The molecule has 0 bridgehead atoms. The number of nitrogen functional groups attached to an aromatic ring is 1. The number of nitrogens with zero attached hydrogens (tertiary/aromatic N) is 2. The molecule has 6 heteroatoms. The number of halogens is 1. The van der Waals surface area contributed by atoms with Crippen LogP contribution in [0.3, 0.4) is 0 Å². The second kappa shape index (κ2) is 5.76. The number of aromatic nitrogens is 2. The lowest BCUT2D eigenvalue weighted by Crippen LogP contribution is -2.19. The maximum Gasteiger partial charge on any atom is 0.224 e. The van der Waals surface area contributed by atoms with Crippen LogP contribution in [0.1, 0.15) is 26.6 Å². The van der Waals surface area contributed by atoms with Crippen LogP contribution < -0.4 is 16.0 Å². The quantitative estimate of drug-likeness (QED) is 0.661. The molecule has 0 aliphatic rings. The molecule has 1 aromatic carbocycles. The fourth-order valence-corrected chi connectivity index (χ4v) is 1.92. The highest BCUT2D eigenvalue weighted by atomic mass is 79.9. The zero-order chi connectivity index (χ0) is 14.8. The van der Waals surface area contributed by atoms with E-state index in [1.807, 2.05) is 45.0 Å². The summed E-state index contributed by atoms with van der Waals surface area (Å²) < 4.78 is 6.70. The van der Waals surface area contributed by atoms with Gasteiger partial charge in [-0.25, -0.2) is 10.8 Å². The minimum Gasteiger partial charge on any atom is -0.439 e. The van der Waals surface area contributed by atoms with Crippen LogP contribution >= 0.6 is 15.9 Å². The number of hydrogen-bond acceptors (Lipinski definition) is 5. The summed E-state index contributed by atoms with van der Waals surface area (Å²) in [5, 5.41) is 0. The van der Waals surface area contributed by atoms with Crippen molar-refractivity contribution in [1.29, 1.82) is 0 Å². The Hall–Kier alpha value is -1.66. The molecule has 0 fully saturated rings. The van der Waals surface area contributed by atoms with Gasteiger partial charge in [-0.1, -0.05) is 42.8 Å². The molecule has 0 spiro atoms. The van der Waals surface area contributed by atoms with Crippen LogP contribution in [0, 0.1) is 0 Å². The first-order valence-electron chi connectivity index (χ1n) is 6.18. The number of benzene rings is 1. The monoisotopic (exact) mass is 336 g/mol. The van der Waals surface area contributed by atoms with Crippen molar-refractivity contribution >= 4 is 21.7 Å². The van der Waals surface area contributed by atoms with Gasteiger partial charge in [0.1, 0.15) is 17.4 Å². The van der Waals surface area contributed by atoms with Gasteiger partial charge in [0, 0.05) is 16.0 Å². The fourth-order valence-electron chi connectivity index (χ4n) is 1.54. The Morgan fingerprint density at radius 1 is 1.20 bits per heavy atom. The standard InChI is InChI=1S/C14H17BrN4O/c1-14(2,3)13-17-11(19-16)8-12(18-13)20-10-6-4-5-9(15)7-10/h4-8H,16H2,1-3H3,(H,17,18,19). The summed E-state index contributed by atoms with van der Waals surface area (Å²) in [5.41, 5.74) is 2.34.